The van der Waals surface area contributed by atoms with E-state index in [9.17, 15) is 19.5 Å². The van der Waals surface area contributed by atoms with Gasteiger partial charge in [-0.25, -0.2) is 9.59 Å². The van der Waals surface area contributed by atoms with Crippen LogP contribution in [0.15, 0.2) is 54.6 Å². The van der Waals surface area contributed by atoms with Crippen molar-refractivity contribution in [3.63, 3.8) is 0 Å². The van der Waals surface area contributed by atoms with Gasteiger partial charge in [0.25, 0.3) is 0 Å². The second kappa shape index (κ2) is 11.3. The molecule has 3 atom stereocenters. The van der Waals surface area contributed by atoms with Crippen LogP contribution in [0.2, 0.25) is 0 Å². The van der Waals surface area contributed by atoms with Gasteiger partial charge in [-0.2, -0.15) is 0 Å². The smallest absolute Gasteiger partial charge is 0.408 e. The van der Waals surface area contributed by atoms with Gasteiger partial charge in [-0.05, 0) is 49.3 Å². The van der Waals surface area contributed by atoms with Crippen LogP contribution < -0.4 is 5.32 Å². The molecule has 8 nitrogen and oxygen atoms in total. The molecule has 2 amide bonds. The molecule has 0 saturated carbocycles. The van der Waals surface area contributed by atoms with Crippen molar-refractivity contribution < 1.29 is 29.0 Å². The van der Waals surface area contributed by atoms with Gasteiger partial charge in [-0.15, -0.1) is 0 Å². The molecular weight excluding hydrogens is 472 g/mol. The zero-order valence-corrected chi connectivity index (χ0v) is 22.5. The summed E-state index contributed by atoms with van der Waals surface area (Å²) in [6.07, 6.45) is -0.668. The van der Waals surface area contributed by atoms with E-state index in [0.717, 1.165) is 16.7 Å². The Morgan fingerprint density at radius 2 is 1.59 bits per heavy atom. The summed E-state index contributed by atoms with van der Waals surface area (Å²) >= 11 is 0. The Morgan fingerprint density at radius 3 is 2.14 bits per heavy atom. The van der Waals surface area contributed by atoms with Crippen LogP contribution in [0.3, 0.4) is 0 Å². The number of amides is 2. The number of hydrogen-bond donors (Lipinski definition) is 2. The highest BCUT2D eigenvalue weighted by atomic mass is 16.6. The van der Waals surface area contributed by atoms with Gasteiger partial charge in [-0.1, -0.05) is 68.4 Å². The largest absolute Gasteiger partial charge is 0.480 e. The van der Waals surface area contributed by atoms with Gasteiger partial charge in [0.05, 0.1) is 6.10 Å². The van der Waals surface area contributed by atoms with E-state index in [0.29, 0.717) is 0 Å². The highest BCUT2D eigenvalue weighted by Crippen LogP contribution is 2.32. The maximum atomic E-state index is 13.7. The quantitative estimate of drug-likeness (QED) is 0.537. The number of carbonyl (C=O) groups excluding carboxylic acids is 2. The van der Waals surface area contributed by atoms with Crippen LogP contribution in [0.5, 0.6) is 0 Å². The van der Waals surface area contributed by atoms with E-state index < -0.39 is 41.1 Å². The van der Waals surface area contributed by atoms with Crippen molar-refractivity contribution in [2.75, 3.05) is 13.7 Å². The zero-order chi connectivity index (χ0) is 27.4. The van der Waals surface area contributed by atoms with Gasteiger partial charge in [0.1, 0.15) is 17.7 Å². The van der Waals surface area contributed by atoms with Crippen molar-refractivity contribution >= 4 is 18.0 Å². The molecule has 2 aromatic rings. The number of methoxy groups -OCH3 is 1. The van der Waals surface area contributed by atoms with E-state index in [2.05, 4.69) is 5.32 Å². The highest BCUT2D eigenvalue weighted by Gasteiger charge is 2.43. The lowest BCUT2D eigenvalue weighted by atomic mass is 9.78. The Balaban J connectivity index is 1.86. The van der Waals surface area contributed by atoms with Gasteiger partial charge in [-0.3, -0.25) is 4.79 Å². The first-order chi connectivity index (χ1) is 17.3. The van der Waals surface area contributed by atoms with E-state index >= 15 is 0 Å². The van der Waals surface area contributed by atoms with E-state index in [-0.39, 0.29) is 25.5 Å². The van der Waals surface area contributed by atoms with E-state index in [4.69, 9.17) is 9.47 Å². The van der Waals surface area contributed by atoms with E-state index in [1.807, 2.05) is 68.4 Å². The SMILES string of the molecule is COC1CC(C(=O)O)N(C(=O)[C@H](CC(C)(C)c2ccc(-c3ccccc3)cc2)NC(=O)OC(C)(C)C)C1. The summed E-state index contributed by atoms with van der Waals surface area (Å²) in [7, 11) is 1.50. The second-order valence-corrected chi connectivity index (χ2v) is 11.2. The van der Waals surface area contributed by atoms with Crippen LogP contribution in [-0.2, 0) is 24.5 Å². The molecular formula is C29H38N2O6. The molecule has 8 heteroatoms. The minimum Gasteiger partial charge on any atom is -0.480 e. The molecule has 0 spiro atoms. The molecule has 0 aromatic heterocycles. The number of carboxylic acid groups (broad SMARTS) is 1. The second-order valence-electron chi connectivity index (χ2n) is 11.2. The van der Waals surface area contributed by atoms with Crippen molar-refractivity contribution in [3.8, 4) is 11.1 Å². The van der Waals surface area contributed by atoms with Crippen LogP contribution in [0.4, 0.5) is 4.79 Å². The van der Waals surface area contributed by atoms with Crippen molar-refractivity contribution in [1.29, 1.82) is 0 Å². The van der Waals surface area contributed by atoms with Gasteiger partial charge in [0.15, 0.2) is 0 Å². The van der Waals surface area contributed by atoms with Crippen LogP contribution in [0, 0.1) is 0 Å². The number of ether oxygens (including phenoxy) is 2. The van der Waals surface area contributed by atoms with E-state index in [1.54, 1.807) is 20.8 Å². The molecule has 2 unspecified atom stereocenters. The fraction of sp³-hybridized carbons (Fsp3) is 0.483. The molecule has 0 aliphatic carbocycles. The monoisotopic (exact) mass is 510 g/mol. The van der Waals surface area contributed by atoms with Gasteiger partial charge in [0.2, 0.25) is 5.91 Å². The summed E-state index contributed by atoms with van der Waals surface area (Å²) in [6, 6.07) is 16.1. The molecule has 3 rings (SSSR count). The number of likely N-dealkylation sites (tertiary alicyclic amines) is 1. The topological polar surface area (TPSA) is 105 Å². The lowest BCUT2D eigenvalue weighted by Crippen LogP contribution is -2.54. The number of nitrogens with one attached hydrogen (secondary N) is 1. The number of carbonyl (C=O) groups is 3. The summed E-state index contributed by atoms with van der Waals surface area (Å²) in [4.78, 5) is 39.6. The Bertz CT molecular complexity index is 1090. The van der Waals surface area contributed by atoms with Crippen molar-refractivity contribution in [3.05, 3.63) is 60.2 Å². The summed E-state index contributed by atoms with van der Waals surface area (Å²) in [5.74, 6) is -1.56. The first-order valence-corrected chi connectivity index (χ1v) is 12.5. The average molecular weight is 511 g/mol. The van der Waals surface area contributed by atoms with Crippen LogP contribution in [-0.4, -0.2) is 65.4 Å². The third-order valence-corrected chi connectivity index (χ3v) is 6.64. The maximum absolute atomic E-state index is 13.7. The van der Waals surface area contributed by atoms with Crippen LogP contribution >= 0.6 is 0 Å². The van der Waals surface area contributed by atoms with Crippen molar-refractivity contribution in [1.82, 2.24) is 10.2 Å². The molecule has 2 N–H and O–H groups in total. The summed E-state index contributed by atoms with van der Waals surface area (Å²) in [6.45, 7) is 9.37. The van der Waals surface area contributed by atoms with Crippen LogP contribution in [0.1, 0.15) is 53.0 Å². The normalized spacial score (nSPS) is 18.8. The third kappa shape index (κ3) is 7.32. The maximum Gasteiger partial charge on any atom is 0.408 e. The molecule has 1 heterocycles. The van der Waals surface area contributed by atoms with E-state index in [1.165, 1.54) is 12.0 Å². The molecule has 0 bridgehead atoms. The fourth-order valence-electron chi connectivity index (χ4n) is 4.67. The molecule has 200 valence electrons. The van der Waals surface area contributed by atoms with Gasteiger partial charge >= 0.3 is 12.1 Å². The molecule has 1 saturated heterocycles. The fourth-order valence-corrected chi connectivity index (χ4v) is 4.67. The van der Waals surface area contributed by atoms with Gasteiger partial charge < -0.3 is 24.8 Å². The minimum atomic E-state index is -1.10. The predicted octanol–water partition coefficient (Wildman–Crippen LogP) is 4.62. The Labute approximate surface area is 219 Å². The minimum absolute atomic E-state index is 0.144. The number of nitrogens with zero attached hydrogens (tertiary/aromatic N) is 1. The van der Waals surface area contributed by atoms with Crippen molar-refractivity contribution in [2.45, 2.75) is 76.7 Å². The molecule has 1 aliphatic heterocycles. The summed E-state index contributed by atoms with van der Waals surface area (Å²) < 4.78 is 10.8. The molecule has 1 fully saturated rings. The summed E-state index contributed by atoms with van der Waals surface area (Å²) in [5, 5.41) is 12.5. The number of hydrogen-bond acceptors (Lipinski definition) is 5. The number of aliphatic carboxylic acids is 1. The Morgan fingerprint density at radius 1 is 1.00 bits per heavy atom. The van der Waals surface area contributed by atoms with Crippen molar-refractivity contribution in [2.24, 2.45) is 0 Å². The number of alkyl carbamates (subject to hydrolysis) is 1. The molecule has 1 aliphatic rings. The lowest BCUT2D eigenvalue weighted by Gasteiger charge is -2.34. The first kappa shape index (κ1) is 28.2. The number of benzene rings is 2. The average Bonchev–Trinajstić information content (AvgIpc) is 3.27. The van der Waals surface area contributed by atoms with Crippen LogP contribution in [0.25, 0.3) is 11.1 Å². The molecule has 0 radical (unpaired) electrons. The number of rotatable bonds is 8. The molecule has 37 heavy (non-hydrogen) atoms. The van der Waals surface area contributed by atoms with Gasteiger partial charge in [0, 0.05) is 20.1 Å². The third-order valence-electron chi connectivity index (χ3n) is 6.64. The Hall–Kier alpha value is -3.39. The predicted molar refractivity (Wildman–Crippen MR) is 141 cm³/mol. The highest BCUT2D eigenvalue weighted by molar-refractivity contribution is 5.90. The summed E-state index contributed by atoms with van der Waals surface area (Å²) in [5.41, 5.74) is 1.89. The standard InChI is InChI=1S/C29H38N2O6/c1-28(2,3)37-27(35)30-23(25(32)31-18-22(36-6)16-24(31)26(33)34)17-29(4,5)21-14-12-20(13-15-21)19-10-8-7-9-11-19/h7-15,22-24H,16-18H2,1-6H3,(H,30,35)(H,33,34)/t22?,23-,24?/m0/s1. The lowest BCUT2D eigenvalue weighted by molar-refractivity contribution is -0.149. The zero-order valence-electron chi connectivity index (χ0n) is 22.5. The Kier molecular flexibility index (Phi) is 8.64. The first-order valence-electron chi connectivity index (χ1n) is 12.5. The molecule has 2 aromatic carbocycles. The number of carboxylic acids is 1.